The van der Waals surface area contributed by atoms with E-state index in [1.807, 2.05) is 0 Å². The van der Waals surface area contributed by atoms with Crippen LogP contribution in [-0.2, 0) is 16.1 Å². The number of amides is 2. The number of nitrogens with one attached hydrogen (secondary N) is 1. The van der Waals surface area contributed by atoms with E-state index in [0.717, 1.165) is 24.8 Å². The van der Waals surface area contributed by atoms with Crippen LogP contribution in [0, 0.1) is 11.7 Å². The highest BCUT2D eigenvalue weighted by molar-refractivity contribution is 5.79. The molecule has 1 aliphatic rings. The molecule has 0 bridgehead atoms. The maximum Gasteiger partial charge on any atom is 0.223 e. The molecule has 4 nitrogen and oxygen atoms in total. The van der Waals surface area contributed by atoms with Crippen molar-refractivity contribution in [3.8, 4) is 0 Å². The highest BCUT2D eigenvalue weighted by Gasteiger charge is 2.24. The number of benzene rings is 1. The maximum atomic E-state index is 12.9. The molecule has 1 aromatic rings. The molecule has 5 heteroatoms. The summed E-state index contributed by atoms with van der Waals surface area (Å²) >= 11 is 0. The molecule has 0 aliphatic heterocycles. The van der Waals surface area contributed by atoms with Crippen LogP contribution in [0.2, 0.25) is 0 Å². The minimum absolute atomic E-state index is 0.0581. The van der Waals surface area contributed by atoms with Gasteiger partial charge in [-0.15, -0.1) is 0 Å². The van der Waals surface area contributed by atoms with Crippen molar-refractivity contribution in [1.82, 2.24) is 10.2 Å². The van der Waals surface area contributed by atoms with Gasteiger partial charge in [0.05, 0.1) is 0 Å². The van der Waals surface area contributed by atoms with Crippen LogP contribution < -0.4 is 5.32 Å². The van der Waals surface area contributed by atoms with E-state index in [-0.39, 0.29) is 23.5 Å². The Kier molecular flexibility index (Phi) is 5.31. The van der Waals surface area contributed by atoms with Gasteiger partial charge in [-0.05, 0) is 30.5 Å². The predicted molar refractivity (Wildman–Crippen MR) is 77.8 cm³/mol. The van der Waals surface area contributed by atoms with Crippen molar-refractivity contribution >= 4 is 11.8 Å². The summed E-state index contributed by atoms with van der Waals surface area (Å²) in [6, 6.07) is 6.09. The molecule has 1 aliphatic carbocycles. The zero-order valence-electron chi connectivity index (χ0n) is 12.3. The lowest BCUT2D eigenvalue weighted by atomic mass is 9.85. The van der Waals surface area contributed by atoms with Crippen molar-refractivity contribution in [1.29, 1.82) is 0 Å². The fourth-order valence-corrected chi connectivity index (χ4v) is 2.29. The molecule has 2 rings (SSSR count). The quantitative estimate of drug-likeness (QED) is 0.873. The molecule has 21 heavy (non-hydrogen) atoms. The molecule has 114 valence electrons. The summed E-state index contributed by atoms with van der Waals surface area (Å²) in [6.45, 7) is 2.84. The molecule has 1 saturated carbocycles. The Morgan fingerprint density at radius 1 is 1.29 bits per heavy atom. The van der Waals surface area contributed by atoms with Crippen molar-refractivity contribution in [3.63, 3.8) is 0 Å². The van der Waals surface area contributed by atoms with Crippen LogP contribution in [0.4, 0.5) is 4.39 Å². The molecule has 0 spiro atoms. The Morgan fingerprint density at radius 3 is 2.48 bits per heavy atom. The number of rotatable bonds is 6. The number of nitrogens with zero attached hydrogens (tertiary/aromatic N) is 1. The predicted octanol–water partition coefficient (Wildman–Crippen LogP) is 2.09. The highest BCUT2D eigenvalue weighted by atomic mass is 19.1. The minimum atomic E-state index is -0.291. The smallest absolute Gasteiger partial charge is 0.223 e. The van der Waals surface area contributed by atoms with Gasteiger partial charge in [0.1, 0.15) is 5.82 Å². The van der Waals surface area contributed by atoms with Crippen molar-refractivity contribution in [3.05, 3.63) is 35.6 Å². The molecule has 1 N–H and O–H groups in total. The van der Waals surface area contributed by atoms with E-state index in [4.69, 9.17) is 0 Å². The highest BCUT2D eigenvalue weighted by Crippen LogP contribution is 2.25. The molecular weight excluding hydrogens is 271 g/mol. The Labute approximate surface area is 124 Å². The van der Waals surface area contributed by atoms with Crippen molar-refractivity contribution < 1.29 is 14.0 Å². The third-order valence-electron chi connectivity index (χ3n) is 3.89. The summed E-state index contributed by atoms with van der Waals surface area (Å²) in [5.41, 5.74) is 0.872. The Bertz CT molecular complexity index is 498. The summed E-state index contributed by atoms with van der Waals surface area (Å²) in [5.74, 6) is -0.0995. The molecule has 1 aromatic carbocycles. The minimum Gasteiger partial charge on any atom is -0.354 e. The van der Waals surface area contributed by atoms with E-state index in [2.05, 4.69) is 5.32 Å². The molecule has 0 heterocycles. The van der Waals surface area contributed by atoms with E-state index in [0.29, 0.717) is 19.6 Å². The SMILES string of the molecule is CC(=O)N(CCNC(=O)C1CCC1)Cc1ccc(F)cc1. The number of carbonyl (C=O) groups excluding carboxylic acids is 2. The zero-order valence-corrected chi connectivity index (χ0v) is 12.3. The lowest BCUT2D eigenvalue weighted by Gasteiger charge is -2.25. The summed E-state index contributed by atoms with van der Waals surface area (Å²) in [7, 11) is 0. The lowest BCUT2D eigenvalue weighted by molar-refractivity contribution is -0.131. The summed E-state index contributed by atoms with van der Waals surface area (Å²) in [4.78, 5) is 25.0. The van der Waals surface area contributed by atoms with Gasteiger partial charge >= 0.3 is 0 Å². The van der Waals surface area contributed by atoms with Gasteiger partial charge in [0, 0.05) is 32.5 Å². The first-order valence-electron chi connectivity index (χ1n) is 7.34. The average molecular weight is 292 g/mol. The zero-order chi connectivity index (χ0) is 15.2. The summed E-state index contributed by atoms with van der Waals surface area (Å²) in [5, 5.41) is 2.87. The largest absolute Gasteiger partial charge is 0.354 e. The molecule has 0 radical (unpaired) electrons. The standard InChI is InChI=1S/C16H21FN2O2/c1-12(20)19(11-13-5-7-15(17)8-6-13)10-9-18-16(21)14-3-2-4-14/h5-8,14H,2-4,9-11H2,1H3,(H,18,21). The van der Waals surface area contributed by atoms with Gasteiger partial charge in [-0.2, -0.15) is 0 Å². The van der Waals surface area contributed by atoms with Gasteiger partial charge in [-0.1, -0.05) is 18.6 Å². The van der Waals surface area contributed by atoms with Crippen molar-refractivity contribution in [2.45, 2.75) is 32.7 Å². The van der Waals surface area contributed by atoms with Crippen LogP contribution in [0.1, 0.15) is 31.7 Å². The van der Waals surface area contributed by atoms with Gasteiger partial charge in [0.25, 0.3) is 0 Å². The maximum absolute atomic E-state index is 12.9. The Morgan fingerprint density at radius 2 is 1.95 bits per heavy atom. The molecule has 1 fully saturated rings. The van der Waals surface area contributed by atoms with Crippen LogP contribution >= 0.6 is 0 Å². The Balaban J connectivity index is 1.80. The Hall–Kier alpha value is -1.91. The number of hydrogen-bond donors (Lipinski definition) is 1. The van der Waals surface area contributed by atoms with E-state index in [1.54, 1.807) is 17.0 Å². The van der Waals surface area contributed by atoms with Gasteiger partial charge in [-0.25, -0.2) is 4.39 Å². The number of hydrogen-bond acceptors (Lipinski definition) is 2. The van der Waals surface area contributed by atoms with Gasteiger partial charge in [0.15, 0.2) is 0 Å². The molecule has 0 unspecified atom stereocenters. The van der Waals surface area contributed by atoms with E-state index in [9.17, 15) is 14.0 Å². The van der Waals surface area contributed by atoms with Crippen molar-refractivity contribution in [2.75, 3.05) is 13.1 Å². The third-order valence-corrected chi connectivity index (χ3v) is 3.89. The van der Waals surface area contributed by atoms with Gasteiger partial charge < -0.3 is 10.2 Å². The fourth-order valence-electron chi connectivity index (χ4n) is 2.29. The average Bonchev–Trinajstić information content (AvgIpc) is 2.37. The molecular formula is C16H21FN2O2. The second-order valence-electron chi connectivity index (χ2n) is 5.49. The van der Waals surface area contributed by atoms with Crippen LogP contribution in [0.15, 0.2) is 24.3 Å². The molecule has 0 saturated heterocycles. The first-order valence-corrected chi connectivity index (χ1v) is 7.34. The second kappa shape index (κ2) is 7.20. The first kappa shape index (κ1) is 15.5. The van der Waals surface area contributed by atoms with Crippen LogP contribution in [0.3, 0.4) is 0 Å². The van der Waals surface area contributed by atoms with Gasteiger partial charge in [-0.3, -0.25) is 9.59 Å². The topological polar surface area (TPSA) is 49.4 Å². The van der Waals surface area contributed by atoms with Crippen LogP contribution in [0.25, 0.3) is 0 Å². The number of carbonyl (C=O) groups is 2. The van der Waals surface area contributed by atoms with Crippen LogP contribution in [-0.4, -0.2) is 29.8 Å². The second-order valence-corrected chi connectivity index (χ2v) is 5.49. The third kappa shape index (κ3) is 4.55. The number of halogens is 1. The lowest BCUT2D eigenvalue weighted by Crippen LogP contribution is -2.40. The molecule has 0 aromatic heterocycles. The fraction of sp³-hybridized carbons (Fsp3) is 0.500. The molecule has 0 atom stereocenters. The normalized spacial score (nSPS) is 14.4. The summed E-state index contributed by atoms with van der Waals surface area (Å²) < 4.78 is 12.9. The van der Waals surface area contributed by atoms with E-state index in [1.165, 1.54) is 19.1 Å². The van der Waals surface area contributed by atoms with Crippen molar-refractivity contribution in [2.24, 2.45) is 5.92 Å². The van der Waals surface area contributed by atoms with Crippen LogP contribution in [0.5, 0.6) is 0 Å². The first-order chi connectivity index (χ1) is 10.1. The van der Waals surface area contributed by atoms with Gasteiger partial charge in [0.2, 0.25) is 11.8 Å². The monoisotopic (exact) mass is 292 g/mol. The summed E-state index contributed by atoms with van der Waals surface area (Å²) in [6.07, 6.45) is 3.07. The van der Waals surface area contributed by atoms with E-state index < -0.39 is 0 Å². The molecule has 2 amide bonds. The van der Waals surface area contributed by atoms with E-state index >= 15 is 0 Å².